The van der Waals surface area contributed by atoms with Crippen LogP contribution < -0.4 is 15.4 Å². The number of carbonyl (C=O) groups excluding carboxylic acids is 1. The van der Waals surface area contributed by atoms with Crippen LogP contribution in [0, 0.1) is 0 Å². The summed E-state index contributed by atoms with van der Waals surface area (Å²) >= 11 is 0. The summed E-state index contributed by atoms with van der Waals surface area (Å²) in [6.45, 7) is 1.41. The third kappa shape index (κ3) is 4.44. The number of halogens is 1. The molecule has 1 amide bonds. The van der Waals surface area contributed by atoms with Gasteiger partial charge in [-0.2, -0.15) is 0 Å². The Kier molecular flexibility index (Phi) is 5.67. The topological polar surface area (TPSA) is 87.3 Å². The number of anilines is 1. The van der Waals surface area contributed by atoms with E-state index in [1.807, 2.05) is 0 Å². The zero-order chi connectivity index (χ0) is 15.7. The molecule has 128 valence electrons. The zero-order valence-electron chi connectivity index (χ0n) is 12.9. The Morgan fingerprint density at radius 1 is 1.13 bits per heavy atom. The van der Waals surface area contributed by atoms with Gasteiger partial charge in [-0.15, -0.1) is 12.4 Å². The SMILES string of the molecule is CC(=O)Nc1ccc(S(=O)(=O)NC2CC3CCC(C2)N3)cc1.Cl. The van der Waals surface area contributed by atoms with Crippen molar-refractivity contribution in [2.45, 2.75) is 55.6 Å². The van der Waals surface area contributed by atoms with Crippen LogP contribution in [-0.4, -0.2) is 32.5 Å². The highest BCUT2D eigenvalue weighted by molar-refractivity contribution is 7.89. The molecule has 2 unspecified atom stereocenters. The van der Waals surface area contributed by atoms with Crippen molar-refractivity contribution >= 4 is 34.0 Å². The van der Waals surface area contributed by atoms with E-state index in [4.69, 9.17) is 0 Å². The van der Waals surface area contributed by atoms with E-state index in [0.29, 0.717) is 17.8 Å². The van der Waals surface area contributed by atoms with Crippen LogP contribution in [0.5, 0.6) is 0 Å². The number of piperidine rings is 1. The average Bonchev–Trinajstić information content (AvgIpc) is 2.77. The molecule has 0 radical (unpaired) electrons. The van der Waals surface area contributed by atoms with Gasteiger partial charge in [-0.3, -0.25) is 4.79 Å². The number of sulfonamides is 1. The number of nitrogens with one attached hydrogen (secondary N) is 3. The predicted octanol–water partition coefficient (Wildman–Crippen LogP) is 1.63. The normalized spacial score (nSPS) is 26.4. The van der Waals surface area contributed by atoms with Crippen LogP contribution in [0.2, 0.25) is 0 Å². The smallest absolute Gasteiger partial charge is 0.240 e. The molecule has 2 bridgehead atoms. The van der Waals surface area contributed by atoms with Gasteiger partial charge >= 0.3 is 0 Å². The quantitative estimate of drug-likeness (QED) is 0.762. The van der Waals surface area contributed by atoms with Crippen LogP contribution in [0.25, 0.3) is 0 Å². The summed E-state index contributed by atoms with van der Waals surface area (Å²) in [5.74, 6) is -0.182. The number of amides is 1. The van der Waals surface area contributed by atoms with Gasteiger partial charge in [0.2, 0.25) is 15.9 Å². The Bertz CT molecular complexity index is 651. The summed E-state index contributed by atoms with van der Waals surface area (Å²) in [4.78, 5) is 11.2. The summed E-state index contributed by atoms with van der Waals surface area (Å²) in [5, 5.41) is 6.12. The van der Waals surface area contributed by atoms with E-state index < -0.39 is 10.0 Å². The molecular weight excluding hydrogens is 338 g/mol. The Labute approximate surface area is 142 Å². The second kappa shape index (κ2) is 7.17. The first-order chi connectivity index (χ1) is 10.4. The molecule has 2 aliphatic rings. The molecule has 1 aromatic rings. The van der Waals surface area contributed by atoms with E-state index in [1.165, 1.54) is 19.1 Å². The van der Waals surface area contributed by atoms with Gasteiger partial charge in [0.05, 0.1) is 4.90 Å². The van der Waals surface area contributed by atoms with E-state index in [2.05, 4.69) is 15.4 Å². The lowest BCUT2D eigenvalue weighted by atomic mass is 10.0. The first-order valence-electron chi connectivity index (χ1n) is 7.58. The molecule has 23 heavy (non-hydrogen) atoms. The molecule has 3 rings (SSSR count). The van der Waals surface area contributed by atoms with Crippen molar-refractivity contribution in [1.29, 1.82) is 0 Å². The van der Waals surface area contributed by atoms with Crippen molar-refractivity contribution in [2.75, 3.05) is 5.32 Å². The fourth-order valence-corrected chi connectivity index (χ4v) is 4.62. The summed E-state index contributed by atoms with van der Waals surface area (Å²) in [6, 6.07) is 7.11. The zero-order valence-corrected chi connectivity index (χ0v) is 14.5. The van der Waals surface area contributed by atoms with Crippen molar-refractivity contribution in [3.05, 3.63) is 24.3 Å². The molecule has 0 aromatic heterocycles. The van der Waals surface area contributed by atoms with E-state index in [1.54, 1.807) is 12.1 Å². The summed E-state index contributed by atoms with van der Waals surface area (Å²) in [7, 11) is -3.51. The van der Waals surface area contributed by atoms with Crippen LogP contribution in [0.4, 0.5) is 5.69 Å². The third-order valence-electron chi connectivity index (χ3n) is 4.28. The van der Waals surface area contributed by atoms with E-state index in [9.17, 15) is 13.2 Å². The first-order valence-corrected chi connectivity index (χ1v) is 9.07. The van der Waals surface area contributed by atoms with E-state index >= 15 is 0 Å². The molecule has 3 N–H and O–H groups in total. The van der Waals surface area contributed by atoms with Gasteiger partial charge in [0.25, 0.3) is 0 Å². The Morgan fingerprint density at radius 3 is 2.22 bits per heavy atom. The highest BCUT2D eigenvalue weighted by Gasteiger charge is 2.35. The monoisotopic (exact) mass is 359 g/mol. The maximum Gasteiger partial charge on any atom is 0.240 e. The minimum absolute atomic E-state index is 0. The number of rotatable bonds is 4. The lowest BCUT2D eigenvalue weighted by Crippen LogP contribution is -2.47. The van der Waals surface area contributed by atoms with Gasteiger partial charge in [-0.25, -0.2) is 13.1 Å². The molecule has 6 nitrogen and oxygen atoms in total. The highest BCUT2D eigenvalue weighted by Crippen LogP contribution is 2.27. The molecule has 0 saturated carbocycles. The van der Waals surface area contributed by atoms with Crippen molar-refractivity contribution in [3.63, 3.8) is 0 Å². The van der Waals surface area contributed by atoms with Crippen LogP contribution in [-0.2, 0) is 14.8 Å². The average molecular weight is 360 g/mol. The standard InChI is InChI=1S/C15H21N3O3S.ClH/c1-10(19)16-11-4-6-15(7-5-11)22(20,21)18-14-8-12-2-3-13(9-14)17-12;/h4-7,12-14,17-18H,2-3,8-9H2,1H3,(H,16,19);1H. The van der Waals surface area contributed by atoms with Gasteiger partial charge < -0.3 is 10.6 Å². The van der Waals surface area contributed by atoms with Gasteiger partial charge in [0.1, 0.15) is 0 Å². The maximum atomic E-state index is 12.4. The molecule has 2 fully saturated rings. The highest BCUT2D eigenvalue weighted by atomic mass is 35.5. The molecule has 2 atom stereocenters. The molecule has 2 saturated heterocycles. The summed E-state index contributed by atoms with van der Waals surface area (Å²) in [5.41, 5.74) is 0.589. The molecule has 2 aliphatic heterocycles. The van der Waals surface area contributed by atoms with Gasteiger partial charge in [0.15, 0.2) is 0 Å². The summed E-state index contributed by atoms with van der Waals surface area (Å²) in [6.07, 6.45) is 3.96. The van der Waals surface area contributed by atoms with Gasteiger partial charge in [-0.05, 0) is 49.9 Å². The second-order valence-corrected chi connectivity index (χ2v) is 7.85. The van der Waals surface area contributed by atoms with Crippen molar-refractivity contribution in [1.82, 2.24) is 10.0 Å². The second-order valence-electron chi connectivity index (χ2n) is 6.13. The number of benzene rings is 1. The largest absolute Gasteiger partial charge is 0.326 e. The van der Waals surface area contributed by atoms with Crippen molar-refractivity contribution in [2.24, 2.45) is 0 Å². The fraction of sp³-hybridized carbons (Fsp3) is 0.533. The van der Waals surface area contributed by atoms with Crippen LogP contribution in [0.3, 0.4) is 0 Å². The minimum Gasteiger partial charge on any atom is -0.326 e. The predicted molar refractivity (Wildman–Crippen MR) is 91.3 cm³/mol. The molecular formula is C15H22ClN3O3S. The number of hydrogen-bond acceptors (Lipinski definition) is 4. The lowest BCUT2D eigenvalue weighted by Gasteiger charge is -2.29. The lowest BCUT2D eigenvalue weighted by molar-refractivity contribution is -0.114. The van der Waals surface area contributed by atoms with Crippen LogP contribution in [0.15, 0.2) is 29.2 Å². The summed E-state index contributed by atoms with van der Waals surface area (Å²) < 4.78 is 27.7. The number of fused-ring (bicyclic) bond motifs is 2. The maximum absolute atomic E-state index is 12.4. The van der Waals surface area contributed by atoms with Gasteiger partial charge in [-0.1, -0.05) is 0 Å². The number of carbonyl (C=O) groups is 1. The minimum atomic E-state index is -3.51. The van der Waals surface area contributed by atoms with Crippen molar-refractivity contribution < 1.29 is 13.2 Å². The Morgan fingerprint density at radius 2 is 1.70 bits per heavy atom. The molecule has 0 aliphatic carbocycles. The van der Waals surface area contributed by atoms with Gasteiger partial charge in [0, 0.05) is 30.7 Å². The molecule has 1 aromatic carbocycles. The van der Waals surface area contributed by atoms with E-state index in [0.717, 1.165) is 25.7 Å². The first kappa shape index (κ1) is 18.2. The Hall–Kier alpha value is -1.15. The number of hydrogen-bond donors (Lipinski definition) is 3. The molecule has 2 heterocycles. The van der Waals surface area contributed by atoms with Crippen LogP contribution in [0.1, 0.15) is 32.6 Å². The van der Waals surface area contributed by atoms with Crippen LogP contribution >= 0.6 is 12.4 Å². The molecule has 8 heteroatoms. The third-order valence-corrected chi connectivity index (χ3v) is 5.82. The van der Waals surface area contributed by atoms with E-state index in [-0.39, 0.29) is 29.3 Å². The Balaban J connectivity index is 0.00000192. The van der Waals surface area contributed by atoms with Crippen molar-refractivity contribution in [3.8, 4) is 0 Å². The molecule has 0 spiro atoms. The fourth-order valence-electron chi connectivity index (χ4n) is 3.36.